The Bertz CT molecular complexity index is 718. The van der Waals surface area contributed by atoms with Gasteiger partial charge in [-0.15, -0.1) is 0 Å². The van der Waals surface area contributed by atoms with E-state index in [2.05, 4.69) is 5.32 Å². The molecule has 3 nitrogen and oxygen atoms in total. The minimum atomic E-state index is -0.571. The smallest absolute Gasteiger partial charge is 0.262 e. The quantitative estimate of drug-likeness (QED) is 0.925. The monoisotopic (exact) mass is 319 g/mol. The van der Waals surface area contributed by atoms with Crippen molar-refractivity contribution in [2.75, 3.05) is 11.9 Å². The number of hydrogen-bond donors (Lipinski definition) is 1. The number of fused-ring (bicyclic) bond motifs is 1. The molecule has 114 valence electrons. The van der Waals surface area contributed by atoms with Gasteiger partial charge in [-0.25, -0.2) is 4.39 Å². The molecule has 1 aliphatic carbocycles. The molecule has 0 aromatic heterocycles. The van der Waals surface area contributed by atoms with Gasteiger partial charge in [0.05, 0.1) is 5.69 Å². The molecule has 1 amide bonds. The van der Waals surface area contributed by atoms with Crippen LogP contribution in [0.1, 0.15) is 17.5 Å². The Balaban J connectivity index is 1.58. The number of anilines is 1. The van der Waals surface area contributed by atoms with Crippen LogP contribution in [-0.2, 0) is 17.6 Å². The Labute approximate surface area is 133 Å². The van der Waals surface area contributed by atoms with Crippen LogP contribution in [0.4, 0.5) is 10.1 Å². The van der Waals surface area contributed by atoms with Crippen molar-refractivity contribution in [1.82, 2.24) is 0 Å². The molecule has 22 heavy (non-hydrogen) atoms. The highest BCUT2D eigenvalue weighted by Crippen LogP contribution is 2.26. The molecule has 0 atom stereocenters. The van der Waals surface area contributed by atoms with E-state index in [1.54, 1.807) is 0 Å². The molecule has 2 aromatic rings. The number of ether oxygens (including phenoxy) is 1. The molecule has 0 unspecified atom stereocenters. The van der Waals surface area contributed by atoms with Gasteiger partial charge >= 0.3 is 0 Å². The Hall–Kier alpha value is -2.07. The van der Waals surface area contributed by atoms with Crippen LogP contribution in [0.15, 0.2) is 36.4 Å². The van der Waals surface area contributed by atoms with Crippen molar-refractivity contribution in [3.8, 4) is 5.75 Å². The van der Waals surface area contributed by atoms with Crippen LogP contribution in [0.5, 0.6) is 5.75 Å². The Morgan fingerprint density at radius 3 is 2.82 bits per heavy atom. The third kappa shape index (κ3) is 3.39. The minimum absolute atomic E-state index is 0.0898. The van der Waals surface area contributed by atoms with Gasteiger partial charge < -0.3 is 10.1 Å². The maximum Gasteiger partial charge on any atom is 0.262 e. The standard InChI is InChI=1S/C17H15ClFNO2/c18-13-5-7-16(15(19)9-13)20-17(21)10-22-14-6-4-11-2-1-3-12(11)8-14/h4-9H,1-3,10H2,(H,20,21). The van der Waals surface area contributed by atoms with Gasteiger partial charge in [0.15, 0.2) is 6.61 Å². The Morgan fingerprint density at radius 1 is 1.18 bits per heavy atom. The number of benzene rings is 2. The fourth-order valence-electron chi connectivity index (χ4n) is 2.56. The van der Waals surface area contributed by atoms with E-state index in [0.717, 1.165) is 25.3 Å². The molecule has 0 radical (unpaired) electrons. The summed E-state index contributed by atoms with van der Waals surface area (Å²) in [6.07, 6.45) is 3.32. The molecule has 2 aromatic carbocycles. The molecule has 1 N–H and O–H groups in total. The lowest BCUT2D eigenvalue weighted by Gasteiger charge is -2.09. The second-order valence-corrected chi connectivity index (χ2v) is 5.68. The average Bonchev–Trinajstić information content (AvgIpc) is 2.95. The minimum Gasteiger partial charge on any atom is -0.484 e. The van der Waals surface area contributed by atoms with Crippen molar-refractivity contribution in [3.63, 3.8) is 0 Å². The van der Waals surface area contributed by atoms with E-state index in [-0.39, 0.29) is 17.3 Å². The van der Waals surface area contributed by atoms with Gasteiger partial charge in [-0.3, -0.25) is 4.79 Å². The predicted molar refractivity (Wildman–Crippen MR) is 84.0 cm³/mol. The zero-order valence-electron chi connectivity index (χ0n) is 11.9. The summed E-state index contributed by atoms with van der Waals surface area (Å²) in [4.78, 5) is 11.8. The third-order valence-electron chi connectivity index (χ3n) is 3.65. The summed E-state index contributed by atoms with van der Waals surface area (Å²) in [7, 11) is 0. The maximum atomic E-state index is 13.6. The summed E-state index contributed by atoms with van der Waals surface area (Å²) in [6, 6.07) is 9.96. The van der Waals surface area contributed by atoms with Crippen LogP contribution in [0, 0.1) is 5.82 Å². The third-order valence-corrected chi connectivity index (χ3v) is 3.88. The predicted octanol–water partition coefficient (Wildman–Crippen LogP) is 3.99. The van der Waals surface area contributed by atoms with Gasteiger partial charge in [0.1, 0.15) is 11.6 Å². The first-order chi connectivity index (χ1) is 10.6. The van der Waals surface area contributed by atoms with E-state index in [9.17, 15) is 9.18 Å². The highest BCUT2D eigenvalue weighted by Gasteiger charge is 2.12. The van der Waals surface area contributed by atoms with Crippen molar-refractivity contribution < 1.29 is 13.9 Å². The summed E-state index contributed by atoms with van der Waals surface area (Å²) in [5.74, 6) is -0.326. The number of amides is 1. The number of nitrogens with one attached hydrogen (secondary N) is 1. The summed E-state index contributed by atoms with van der Waals surface area (Å²) in [5, 5.41) is 2.74. The van der Waals surface area contributed by atoms with Gasteiger partial charge in [0.2, 0.25) is 0 Å². The van der Waals surface area contributed by atoms with Gasteiger partial charge in [-0.05, 0) is 60.7 Å². The Morgan fingerprint density at radius 2 is 2.00 bits per heavy atom. The van der Waals surface area contributed by atoms with Crippen LogP contribution < -0.4 is 10.1 Å². The number of carbonyl (C=O) groups is 1. The Kier molecular flexibility index (Phi) is 4.29. The molecule has 0 saturated carbocycles. The molecule has 0 spiro atoms. The van der Waals surface area contributed by atoms with Crippen molar-refractivity contribution in [2.45, 2.75) is 19.3 Å². The van der Waals surface area contributed by atoms with Crippen LogP contribution in [0.25, 0.3) is 0 Å². The molecule has 0 fully saturated rings. The fourth-order valence-corrected chi connectivity index (χ4v) is 2.72. The molecule has 5 heteroatoms. The first-order valence-corrected chi connectivity index (χ1v) is 7.49. The lowest BCUT2D eigenvalue weighted by molar-refractivity contribution is -0.118. The lowest BCUT2D eigenvalue weighted by Crippen LogP contribution is -2.20. The summed E-state index contributed by atoms with van der Waals surface area (Å²) >= 11 is 5.66. The lowest BCUT2D eigenvalue weighted by atomic mass is 10.1. The van der Waals surface area contributed by atoms with E-state index in [0.29, 0.717) is 5.75 Å². The number of hydrogen-bond acceptors (Lipinski definition) is 2. The van der Waals surface area contributed by atoms with E-state index in [1.807, 2.05) is 18.2 Å². The molecule has 0 saturated heterocycles. The van der Waals surface area contributed by atoms with Crippen LogP contribution in [-0.4, -0.2) is 12.5 Å². The van der Waals surface area contributed by atoms with Gasteiger partial charge in [0.25, 0.3) is 5.91 Å². The number of aryl methyl sites for hydroxylation is 2. The summed E-state index contributed by atoms with van der Waals surface area (Å²) < 4.78 is 19.1. The zero-order valence-corrected chi connectivity index (χ0v) is 12.6. The molecular weight excluding hydrogens is 305 g/mol. The van der Waals surface area contributed by atoms with Crippen LogP contribution in [0.2, 0.25) is 5.02 Å². The van der Waals surface area contributed by atoms with E-state index in [1.165, 1.54) is 23.3 Å². The van der Waals surface area contributed by atoms with Crippen molar-refractivity contribution in [2.24, 2.45) is 0 Å². The first kappa shape index (κ1) is 14.9. The first-order valence-electron chi connectivity index (χ1n) is 7.11. The van der Waals surface area contributed by atoms with Gasteiger partial charge in [0, 0.05) is 5.02 Å². The molecule has 1 aliphatic rings. The number of rotatable bonds is 4. The normalized spacial score (nSPS) is 12.8. The van der Waals surface area contributed by atoms with Gasteiger partial charge in [-0.2, -0.15) is 0 Å². The number of carbonyl (C=O) groups excluding carboxylic acids is 1. The highest BCUT2D eigenvalue weighted by molar-refractivity contribution is 6.30. The van der Waals surface area contributed by atoms with E-state index < -0.39 is 11.7 Å². The molecule has 0 heterocycles. The topological polar surface area (TPSA) is 38.3 Å². The van der Waals surface area contributed by atoms with Crippen LogP contribution >= 0.6 is 11.6 Å². The number of halogens is 2. The summed E-state index contributed by atoms with van der Waals surface area (Å²) in [6.45, 7) is -0.166. The molecule has 0 aliphatic heterocycles. The average molecular weight is 320 g/mol. The molecular formula is C17H15ClFNO2. The largest absolute Gasteiger partial charge is 0.484 e. The van der Waals surface area contributed by atoms with E-state index >= 15 is 0 Å². The van der Waals surface area contributed by atoms with Crippen LogP contribution in [0.3, 0.4) is 0 Å². The van der Waals surface area contributed by atoms with Crippen molar-refractivity contribution in [3.05, 3.63) is 58.4 Å². The van der Waals surface area contributed by atoms with Crippen molar-refractivity contribution >= 4 is 23.2 Å². The van der Waals surface area contributed by atoms with Crippen molar-refractivity contribution in [1.29, 1.82) is 0 Å². The summed E-state index contributed by atoms with van der Waals surface area (Å²) in [5.41, 5.74) is 2.72. The molecule has 0 bridgehead atoms. The van der Waals surface area contributed by atoms with E-state index in [4.69, 9.17) is 16.3 Å². The van der Waals surface area contributed by atoms with Gasteiger partial charge in [-0.1, -0.05) is 17.7 Å². The fraction of sp³-hybridized carbons (Fsp3) is 0.235. The SMILES string of the molecule is O=C(COc1ccc2c(c1)CCC2)Nc1ccc(Cl)cc1F. The molecule has 3 rings (SSSR count). The highest BCUT2D eigenvalue weighted by atomic mass is 35.5. The zero-order chi connectivity index (χ0) is 15.5. The second-order valence-electron chi connectivity index (χ2n) is 5.25. The second kappa shape index (κ2) is 6.36. The maximum absolute atomic E-state index is 13.6.